The van der Waals surface area contributed by atoms with Gasteiger partial charge < -0.3 is 4.42 Å². The van der Waals surface area contributed by atoms with Crippen molar-refractivity contribution in [1.29, 1.82) is 0 Å². The summed E-state index contributed by atoms with van der Waals surface area (Å²) >= 11 is 7.17. The molecule has 5 heteroatoms. The topological polar surface area (TPSA) is 38.9 Å². The molecular formula is C10H11ClN2OS. The van der Waals surface area contributed by atoms with E-state index in [1.165, 1.54) is 11.3 Å². The number of hydrogen-bond donors (Lipinski definition) is 0. The lowest BCUT2D eigenvalue weighted by Crippen LogP contribution is -1.82. The molecule has 0 saturated heterocycles. The summed E-state index contributed by atoms with van der Waals surface area (Å²) < 4.78 is 5.59. The zero-order valence-electron chi connectivity index (χ0n) is 8.36. The molecule has 0 bridgehead atoms. The van der Waals surface area contributed by atoms with Crippen molar-refractivity contribution in [2.45, 2.75) is 19.8 Å². The second-order valence-corrected chi connectivity index (χ2v) is 4.50. The first-order valence-electron chi connectivity index (χ1n) is 4.81. The van der Waals surface area contributed by atoms with Gasteiger partial charge in [-0.1, -0.05) is 18.3 Å². The summed E-state index contributed by atoms with van der Waals surface area (Å²) in [6.45, 7) is 2.06. The van der Waals surface area contributed by atoms with Crippen LogP contribution in [0, 0.1) is 0 Å². The van der Waals surface area contributed by atoms with Crippen LogP contribution in [0.2, 0.25) is 0 Å². The van der Waals surface area contributed by atoms with Crippen LogP contribution in [-0.4, -0.2) is 16.1 Å². The summed E-state index contributed by atoms with van der Waals surface area (Å²) in [5.41, 5.74) is 0. The Hall–Kier alpha value is -0.870. The summed E-state index contributed by atoms with van der Waals surface area (Å²) in [5.74, 6) is 2.34. The van der Waals surface area contributed by atoms with E-state index < -0.39 is 0 Å². The van der Waals surface area contributed by atoms with Crippen molar-refractivity contribution in [3.8, 4) is 10.8 Å². The van der Waals surface area contributed by atoms with Gasteiger partial charge in [0.15, 0.2) is 10.8 Å². The van der Waals surface area contributed by atoms with Crippen LogP contribution in [0.25, 0.3) is 10.8 Å². The third-order valence-corrected chi connectivity index (χ3v) is 3.18. The highest BCUT2D eigenvalue weighted by Crippen LogP contribution is 2.25. The van der Waals surface area contributed by atoms with Crippen LogP contribution in [0.4, 0.5) is 0 Å². The van der Waals surface area contributed by atoms with Crippen LogP contribution in [0.15, 0.2) is 16.5 Å². The van der Waals surface area contributed by atoms with Gasteiger partial charge in [-0.25, -0.2) is 0 Å². The zero-order chi connectivity index (χ0) is 10.7. The molecule has 2 heterocycles. The Morgan fingerprint density at radius 1 is 1.40 bits per heavy atom. The molecule has 0 aliphatic carbocycles. The fraction of sp³-hybridized carbons (Fsp3) is 0.400. The molecule has 0 amide bonds. The molecule has 2 aromatic rings. The van der Waals surface area contributed by atoms with Gasteiger partial charge in [0.2, 0.25) is 0 Å². The maximum atomic E-state index is 5.63. The van der Waals surface area contributed by atoms with E-state index >= 15 is 0 Å². The molecular weight excluding hydrogens is 232 g/mol. The van der Waals surface area contributed by atoms with Crippen molar-refractivity contribution >= 4 is 22.9 Å². The average molecular weight is 243 g/mol. The lowest BCUT2D eigenvalue weighted by molar-refractivity contribution is 0.528. The Bertz CT molecular complexity index is 438. The summed E-state index contributed by atoms with van der Waals surface area (Å²) in [4.78, 5) is 0. The van der Waals surface area contributed by atoms with Crippen molar-refractivity contribution in [3.05, 3.63) is 22.9 Å². The minimum absolute atomic E-state index is 0.576. The van der Waals surface area contributed by atoms with Gasteiger partial charge in [0.25, 0.3) is 0 Å². The SMILES string of the molecule is CCc1ccc(-c2nnc(CCCl)s2)o1. The van der Waals surface area contributed by atoms with Gasteiger partial charge in [0.1, 0.15) is 10.8 Å². The van der Waals surface area contributed by atoms with Crippen LogP contribution in [0.5, 0.6) is 0 Å². The number of rotatable bonds is 4. The third kappa shape index (κ3) is 2.38. The van der Waals surface area contributed by atoms with Gasteiger partial charge in [0, 0.05) is 18.7 Å². The normalized spacial score (nSPS) is 10.8. The van der Waals surface area contributed by atoms with E-state index in [-0.39, 0.29) is 0 Å². The van der Waals surface area contributed by atoms with E-state index in [0.717, 1.165) is 34.4 Å². The molecule has 0 radical (unpaired) electrons. The van der Waals surface area contributed by atoms with Gasteiger partial charge in [-0.2, -0.15) is 0 Å². The van der Waals surface area contributed by atoms with E-state index in [4.69, 9.17) is 16.0 Å². The largest absolute Gasteiger partial charge is 0.459 e. The molecule has 0 N–H and O–H groups in total. The first-order valence-corrected chi connectivity index (χ1v) is 6.16. The van der Waals surface area contributed by atoms with Crippen molar-refractivity contribution < 1.29 is 4.42 Å². The number of furan rings is 1. The van der Waals surface area contributed by atoms with Crippen LogP contribution in [0.1, 0.15) is 17.7 Å². The molecule has 2 rings (SSSR count). The molecule has 0 saturated carbocycles. The quantitative estimate of drug-likeness (QED) is 0.774. The molecule has 3 nitrogen and oxygen atoms in total. The summed E-state index contributed by atoms with van der Waals surface area (Å²) in [6, 6.07) is 3.90. The summed E-state index contributed by atoms with van der Waals surface area (Å²) in [6.07, 6.45) is 1.66. The Morgan fingerprint density at radius 3 is 2.93 bits per heavy atom. The molecule has 0 fully saturated rings. The number of aryl methyl sites for hydroxylation is 2. The highest BCUT2D eigenvalue weighted by Gasteiger charge is 2.09. The molecule has 15 heavy (non-hydrogen) atoms. The number of halogens is 1. The van der Waals surface area contributed by atoms with Gasteiger partial charge in [-0.3, -0.25) is 0 Å². The van der Waals surface area contributed by atoms with Gasteiger partial charge in [0.05, 0.1) is 0 Å². The Morgan fingerprint density at radius 2 is 2.27 bits per heavy atom. The molecule has 2 aromatic heterocycles. The predicted octanol–water partition coefficient (Wildman–Crippen LogP) is 3.14. The molecule has 0 aliphatic rings. The van der Waals surface area contributed by atoms with Gasteiger partial charge >= 0.3 is 0 Å². The van der Waals surface area contributed by atoms with Crippen molar-refractivity contribution in [3.63, 3.8) is 0 Å². The van der Waals surface area contributed by atoms with Crippen molar-refractivity contribution in [2.24, 2.45) is 0 Å². The third-order valence-electron chi connectivity index (χ3n) is 2.00. The minimum Gasteiger partial charge on any atom is -0.459 e. The van der Waals surface area contributed by atoms with Crippen molar-refractivity contribution in [2.75, 3.05) is 5.88 Å². The van der Waals surface area contributed by atoms with Crippen LogP contribution in [-0.2, 0) is 12.8 Å². The number of hydrogen-bond acceptors (Lipinski definition) is 4. The summed E-state index contributed by atoms with van der Waals surface area (Å²) in [5, 5.41) is 9.89. The van der Waals surface area contributed by atoms with Gasteiger partial charge in [-0.15, -0.1) is 21.8 Å². The number of aromatic nitrogens is 2. The predicted molar refractivity (Wildman–Crippen MR) is 61.4 cm³/mol. The molecule has 80 valence electrons. The second-order valence-electron chi connectivity index (χ2n) is 3.06. The van der Waals surface area contributed by atoms with E-state index in [1.54, 1.807) is 0 Å². The Balaban J connectivity index is 2.21. The highest BCUT2D eigenvalue weighted by atomic mass is 35.5. The van der Waals surface area contributed by atoms with Crippen LogP contribution < -0.4 is 0 Å². The maximum absolute atomic E-state index is 5.63. The number of alkyl halides is 1. The van der Waals surface area contributed by atoms with E-state index in [0.29, 0.717) is 5.88 Å². The lowest BCUT2D eigenvalue weighted by Gasteiger charge is -1.88. The highest BCUT2D eigenvalue weighted by molar-refractivity contribution is 7.14. The fourth-order valence-corrected chi connectivity index (χ4v) is 2.31. The van der Waals surface area contributed by atoms with E-state index in [9.17, 15) is 0 Å². The van der Waals surface area contributed by atoms with Crippen molar-refractivity contribution in [1.82, 2.24) is 10.2 Å². The molecule has 0 unspecified atom stereocenters. The average Bonchev–Trinajstić information content (AvgIpc) is 2.85. The Kier molecular flexibility index (Phi) is 3.38. The Labute approximate surface area is 97.1 Å². The molecule has 0 aliphatic heterocycles. The molecule has 0 aromatic carbocycles. The summed E-state index contributed by atoms with van der Waals surface area (Å²) in [7, 11) is 0. The minimum atomic E-state index is 0.576. The van der Waals surface area contributed by atoms with Crippen LogP contribution in [0.3, 0.4) is 0 Å². The van der Waals surface area contributed by atoms with E-state index in [1.807, 2.05) is 12.1 Å². The van der Waals surface area contributed by atoms with Crippen LogP contribution >= 0.6 is 22.9 Å². The fourth-order valence-electron chi connectivity index (χ4n) is 1.22. The standard InChI is InChI=1S/C10H11ClN2OS/c1-2-7-3-4-8(14-7)10-13-12-9(15-10)5-6-11/h3-4H,2,5-6H2,1H3. The molecule has 0 atom stereocenters. The molecule has 0 spiro atoms. The first kappa shape index (κ1) is 10.6. The zero-order valence-corrected chi connectivity index (χ0v) is 9.94. The number of nitrogens with zero attached hydrogens (tertiary/aromatic N) is 2. The maximum Gasteiger partial charge on any atom is 0.183 e. The first-order chi connectivity index (χ1) is 7.33. The van der Waals surface area contributed by atoms with Gasteiger partial charge in [-0.05, 0) is 12.1 Å². The monoisotopic (exact) mass is 242 g/mol. The lowest BCUT2D eigenvalue weighted by atomic mass is 10.4. The second kappa shape index (κ2) is 4.77. The smallest absolute Gasteiger partial charge is 0.183 e. The van der Waals surface area contributed by atoms with E-state index in [2.05, 4.69) is 17.1 Å².